The molecule has 0 fully saturated rings. The third-order valence-electron chi connectivity index (χ3n) is 2.09. The van der Waals surface area contributed by atoms with Crippen molar-refractivity contribution in [2.75, 3.05) is 5.43 Å². The number of para-hydroxylation sites is 2. The van der Waals surface area contributed by atoms with E-state index in [1.54, 1.807) is 12.1 Å². The van der Waals surface area contributed by atoms with E-state index in [0.29, 0.717) is 5.56 Å². The summed E-state index contributed by atoms with van der Waals surface area (Å²) in [4.78, 5) is 0. The first-order valence-corrected chi connectivity index (χ1v) is 4.96. The van der Waals surface area contributed by atoms with Crippen molar-refractivity contribution < 1.29 is 5.11 Å². The molecular weight excluding hydrogens is 200 g/mol. The summed E-state index contributed by atoms with van der Waals surface area (Å²) in [6.45, 7) is 0. The van der Waals surface area contributed by atoms with Gasteiger partial charge >= 0.3 is 0 Å². The summed E-state index contributed by atoms with van der Waals surface area (Å²) in [6.07, 6.45) is 1.52. The van der Waals surface area contributed by atoms with Crippen molar-refractivity contribution in [1.29, 1.82) is 0 Å². The van der Waals surface area contributed by atoms with Gasteiger partial charge in [0.2, 0.25) is 0 Å². The van der Waals surface area contributed by atoms with Crippen LogP contribution in [0.15, 0.2) is 59.7 Å². The minimum atomic E-state index is -0.0267. The molecule has 0 unspecified atom stereocenters. The number of rotatable bonds is 3. The van der Waals surface area contributed by atoms with Gasteiger partial charge in [0.25, 0.3) is 0 Å². The zero-order valence-corrected chi connectivity index (χ0v) is 8.63. The Hall–Kier alpha value is -2.29. The first-order valence-electron chi connectivity index (χ1n) is 4.96. The molecule has 16 heavy (non-hydrogen) atoms. The van der Waals surface area contributed by atoms with E-state index < -0.39 is 0 Å². The van der Waals surface area contributed by atoms with Gasteiger partial charge in [-0.05, 0) is 17.7 Å². The molecule has 0 amide bonds. The van der Waals surface area contributed by atoms with Crippen LogP contribution in [0.4, 0.5) is 5.69 Å². The van der Waals surface area contributed by atoms with Crippen molar-refractivity contribution in [3.63, 3.8) is 0 Å². The standard InChI is InChI=1S/C13H12N2O/c16-13-9-5-4-6-11(13)10-14-15-12-7-2-1-3-8-12/h1-10,15-16H/p-1/b14-10+. The van der Waals surface area contributed by atoms with E-state index in [0.717, 1.165) is 5.69 Å². The molecule has 0 saturated heterocycles. The number of benzene rings is 2. The average molecular weight is 211 g/mol. The van der Waals surface area contributed by atoms with E-state index in [4.69, 9.17) is 0 Å². The van der Waals surface area contributed by atoms with Crippen LogP contribution >= 0.6 is 0 Å². The van der Waals surface area contributed by atoms with Crippen LogP contribution in [0.3, 0.4) is 0 Å². The van der Waals surface area contributed by atoms with E-state index in [9.17, 15) is 5.11 Å². The van der Waals surface area contributed by atoms with E-state index in [2.05, 4.69) is 10.5 Å². The summed E-state index contributed by atoms with van der Waals surface area (Å²) in [5.41, 5.74) is 4.32. The summed E-state index contributed by atoms with van der Waals surface area (Å²) >= 11 is 0. The van der Waals surface area contributed by atoms with Crippen LogP contribution in [-0.2, 0) is 0 Å². The van der Waals surface area contributed by atoms with Crippen LogP contribution in [-0.4, -0.2) is 6.21 Å². The van der Waals surface area contributed by atoms with Gasteiger partial charge in [-0.2, -0.15) is 5.10 Å². The fraction of sp³-hybridized carbons (Fsp3) is 0. The van der Waals surface area contributed by atoms with E-state index in [1.807, 2.05) is 36.4 Å². The molecule has 0 aromatic heterocycles. The minimum absolute atomic E-state index is 0.0267. The van der Waals surface area contributed by atoms with Gasteiger partial charge in [0.1, 0.15) is 0 Å². The Kier molecular flexibility index (Phi) is 3.18. The zero-order valence-electron chi connectivity index (χ0n) is 8.63. The van der Waals surface area contributed by atoms with Gasteiger partial charge in [-0.25, -0.2) is 0 Å². The molecule has 0 radical (unpaired) electrons. The number of nitrogens with zero attached hydrogens (tertiary/aromatic N) is 1. The molecule has 1 N–H and O–H groups in total. The predicted octanol–water partition coefficient (Wildman–Crippen LogP) is 2.21. The predicted molar refractivity (Wildman–Crippen MR) is 63.5 cm³/mol. The van der Waals surface area contributed by atoms with Crippen LogP contribution in [0, 0.1) is 0 Å². The van der Waals surface area contributed by atoms with Gasteiger partial charge in [0.15, 0.2) is 0 Å². The number of hydrogen-bond donors (Lipinski definition) is 1. The molecule has 0 bridgehead atoms. The van der Waals surface area contributed by atoms with Crippen molar-refractivity contribution in [2.45, 2.75) is 0 Å². The second-order valence-corrected chi connectivity index (χ2v) is 3.27. The topological polar surface area (TPSA) is 47.5 Å². The lowest BCUT2D eigenvalue weighted by atomic mass is 10.2. The second-order valence-electron chi connectivity index (χ2n) is 3.27. The third-order valence-corrected chi connectivity index (χ3v) is 2.09. The Labute approximate surface area is 94.1 Å². The van der Waals surface area contributed by atoms with Crippen molar-refractivity contribution in [1.82, 2.24) is 0 Å². The monoisotopic (exact) mass is 211 g/mol. The molecule has 0 aliphatic rings. The molecule has 2 rings (SSSR count). The Bertz CT molecular complexity index is 480. The lowest BCUT2D eigenvalue weighted by molar-refractivity contribution is -0.268. The number of hydrogen-bond acceptors (Lipinski definition) is 3. The van der Waals surface area contributed by atoms with Crippen molar-refractivity contribution >= 4 is 11.9 Å². The zero-order chi connectivity index (χ0) is 11.2. The van der Waals surface area contributed by atoms with Crippen LogP contribution in [0.2, 0.25) is 0 Å². The van der Waals surface area contributed by atoms with E-state index in [-0.39, 0.29) is 5.75 Å². The average Bonchev–Trinajstić information content (AvgIpc) is 2.33. The maximum atomic E-state index is 11.3. The number of nitrogens with one attached hydrogen (secondary N) is 1. The van der Waals surface area contributed by atoms with Gasteiger partial charge in [-0.1, -0.05) is 48.2 Å². The van der Waals surface area contributed by atoms with Gasteiger partial charge < -0.3 is 5.11 Å². The molecule has 2 aromatic rings. The summed E-state index contributed by atoms with van der Waals surface area (Å²) in [7, 11) is 0. The van der Waals surface area contributed by atoms with Gasteiger partial charge in [-0.3, -0.25) is 5.43 Å². The Morgan fingerprint density at radius 2 is 1.62 bits per heavy atom. The highest BCUT2D eigenvalue weighted by molar-refractivity contribution is 5.83. The summed E-state index contributed by atoms with van der Waals surface area (Å²) < 4.78 is 0. The van der Waals surface area contributed by atoms with Crippen LogP contribution < -0.4 is 10.5 Å². The molecule has 0 saturated carbocycles. The highest BCUT2D eigenvalue weighted by atomic mass is 16.3. The second kappa shape index (κ2) is 4.98. The molecule has 3 nitrogen and oxygen atoms in total. The Morgan fingerprint density at radius 1 is 0.938 bits per heavy atom. The van der Waals surface area contributed by atoms with Crippen LogP contribution in [0.5, 0.6) is 5.75 Å². The number of anilines is 1. The summed E-state index contributed by atoms with van der Waals surface area (Å²) in [5.74, 6) is -0.0267. The van der Waals surface area contributed by atoms with Crippen molar-refractivity contribution in [2.24, 2.45) is 5.10 Å². The van der Waals surface area contributed by atoms with Crippen LogP contribution in [0.25, 0.3) is 0 Å². The fourth-order valence-electron chi connectivity index (χ4n) is 1.28. The Morgan fingerprint density at radius 3 is 2.38 bits per heavy atom. The minimum Gasteiger partial charge on any atom is -0.872 e. The molecule has 0 aliphatic heterocycles. The maximum Gasteiger partial charge on any atom is 0.0561 e. The number of hydrazone groups is 1. The smallest absolute Gasteiger partial charge is 0.0561 e. The van der Waals surface area contributed by atoms with Crippen molar-refractivity contribution in [3.8, 4) is 5.75 Å². The van der Waals surface area contributed by atoms with Gasteiger partial charge in [0.05, 0.1) is 11.9 Å². The Balaban J connectivity index is 2.03. The molecular formula is C13H11N2O-. The normalized spacial score (nSPS) is 10.5. The molecule has 3 heteroatoms. The first kappa shape index (κ1) is 10.2. The van der Waals surface area contributed by atoms with Gasteiger partial charge in [-0.15, -0.1) is 0 Å². The molecule has 0 spiro atoms. The van der Waals surface area contributed by atoms with Gasteiger partial charge in [0, 0.05) is 0 Å². The highest BCUT2D eigenvalue weighted by Crippen LogP contribution is 2.09. The SMILES string of the molecule is [O-]c1ccccc1/C=N/Nc1ccccc1. The van der Waals surface area contributed by atoms with Crippen LogP contribution in [0.1, 0.15) is 5.56 Å². The molecule has 0 heterocycles. The van der Waals surface area contributed by atoms with Crippen molar-refractivity contribution in [3.05, 3.63) is 60.2 Å². The summed E-state index contributed by atoms with van der Waals surface area (Å²) in [5, 5.41) is 15.3. The summed E-state index contributed by atoms with van der Waals surface area (Å²) in [6, 6.07) is 16.3. The lowest BCUT2D eigenvalue weighted by Crippen LogP contribution is -1.96. The largest absolute Gasteiger partial charge is 0.872 e. The fourth-order valence-corrected chi connectivity index (χ4v) is 1.28. The molecule has 2 aromatic carbocycles. The lowest BCUT2D eigenvalue weighted by Gasteiger charge is -2.07. The molecule has 0 aliphatic carbocycles. The van der Waals surface area contributed by atoms with E-state index >= 15 is 0 Å². The maximum absolute atomic E-state index is 11.3. The first-order chi connectivity index (χ1) is 7.86. The quantitative estimate of drug-likeness (QED) is 0.625. The third kappa shape index (κ3) is 2.60. The highest BCUT2D eigenvalue weighted by Gasteiger charge is 1.88. The molecule has 80 valence electrons. The molecule has 0 atom stereocenters. The van der Waals surface area contributed by atoms with E-state index in [1.165, 1.54) is 12.3 Å².